The van der Waals surface area contributed by atoms with Crippen LogP contribution in [-0.4, -0.2) is 33.5 Å². The summed E-state index contributed by atoms with van der Waals surface area (Å²) in [6.07, 6.45) is 3.38. The maximum atomic E-state index is 12.1. The van der Waals surface area contributed by atoms with E-state index in [0.717, 1.165) is 18.4 Å². The number of nitrogens with two attached hydrogens (primary N) is 1. The molecule has 0 saturated carbocycles. The monoisotopic (exact) mass is 496 g/mol. The topological polar surface area (TPSA) is 96.6 Å². The third-order valence-electron chi connectivity index (χ3n) is 3.83. The Labute approximate surface area is 175 Å². The van der Waals surface area contributed by atoms with Gasteiger partial charge in [0.1, 0.15) is 0 Å². The van der Waals surface area contributed by atoms with E-state index in [9.17, 15) is 8.42 Å². The van der Waals surface area contributed by atoms with Gasteiger partial charge in [0.2, 0.25) is 10.0 Å². The van der Waals surface area contributed by atoms with Gasteiger partial charge in [-0.25, -0.2) is 13.1 Å². The van der Waals surface area contributed by atoms with Gasteiger partial charge in [0.15, 0.2) is 5.96 Å². The smallest absolute Gasteiger partial charge is 0.240 e. The van der Waals surface area contributed by atoms with Crippen LogP contribution in [0.15, 0.2) is 34.2 Å². The Morgan fingerprint density at radius 2 is 1.77 bits per heavy atom. The molecular weight excluding hydrogens is 463 g/mol. The van der Waals surface area contributed by atoms with Gasteiger partial charge >= 0.3 is 0 Å². The fourth-order valence-corrected chi connectivity index (χ4v) is 3.38. The first-order valence-electron chi connectivity index (χ1n) is 8.83. The zero-order valence-electron chi connectivity index (χ0n) is 16.2. The lowest BCUT2D eigenvalue weighted by Gasteiger charge is -2.15. The summed E-state index contributed by atoms with van der Waals surface area (Å²) in [5, 5.41) is 3.14. The number of aryl methyl sites for hydroxylation is 1. The molecule has 26 heavy (non-hydrogen) atoms. The molecule has 6 nitrogen and oxygen atoms in total. The normalized spacial score (nSPS) is 13.3. The molecule has 1 rings (SSSR count). The molecule has 0 aliphatic carbocycles. The Morgan fingerprint density at radius 1 is 1.15 bits per heavy atom. The maximum Gasteiger partial charge on any atom is 0.240 e. The number of hydrogen-bond donors (Lipinski definition) is 3. The molecule has 150 valence electrons. The molecule has 1 aromatic rings. The largest absolute Gasteiger partial charge is 0.370 e. The maximum absolute atomic E-state index is 12.1. The first-order chi connectivity index (χ1) is 11.7. The van der Waals surface area contributed by atoms with E-state index in [2.05, 4.69) is 35.8 Å². The third-order valence-corrected chi connectivity index (χ3v) is 5.31. The molecule has 8 heteroatoms. The van der Waals surface area contributed by atoms with Gasteiger partial charge in [-0.05, 0) is 38.3 Å². The Balaban J connectivity index is 0.00000625. The van der Waals surface area contributed by atoms with Crippen LogP contribution in [0.1, 0.15) is 45.6 Å². The van der Waals surface area contributed by atoms with Crippen molar-refractivity contribution in [1.29, 1.82) is 0 Å². The summed E-state index contributed by atoms with van der Waals surface area (Å²) < 4.78 is 26.8. The Bertz CT molecular complexity index is 646. The molecule has 0 spiro atoms. The summed E-state index contributed by atoms with van der Waals surface area (Å²) >= 11 is 0. The SMILES string of the molecule is Cc1ccc(S(=O)(=O)NCCN=C(N)NC(C)CCCC(C)C)cc1.I. The molecule has 0 radical (unpaired) electrons. The number of benzene rings is 1. The van der Waals surface area contributed by atoms with Crippen LogP contribution in [0, 0.1) is 12.8 Å². The van der Waals surface area contributed by atoms with Gasteiger partial charge in [0.05, 0.1) is 11.4 Å². The number of sulfonamides is 1. The lowest BCUT2D eigenvalue weighted by molar-refractivity contribution is 0.493. The standard InChI is InChI=1S/C18H32N4O2S.HI/c1-14(2)6-5-7-16(4)22-18(19)20-12-13-21-25(23,24)17-10-8-15(3)9-11-17;/h8-11,14,16,21H,5-7,12-13H2,1-4H3,(H3,19,20,22);1H. The van der Waals surface area contributed by atoms with Crippen LogP contribution in [-0.2, 0) is 10.0 Å². The predicted molar refractivity (Wildman–Crippen MR) is 120 cm³/mol. The molecule has 0 aliphatic heterocycles. The third kappa shape index (κ3) is 10.3. The van der Waals surface area contributed by atoms with Crippen molar-refractivity contribution in [3.8, 4) is 0 Å². The van der Waals surface area contributed by atoms with E-state index in [4.69, 9.17) is 5.73 Å². The molecule has 1 aromatic carbocycles. The summed E-state index contributed by atoms with van der Waals surface area (Å²) in [7, 11) is -3.50. The van der Waals surface area contributed by atoms with Crippen molar-refractivity contribution in [2.45, 2.75) is 57.9 Å². The van der Waals surface area contributed by atoms with E-state index in [-0.39, 0.29) is 41.5 Å². The number of halogens is 1. The fourth-order valence-electron chi connectivity index (χ4n) is 2.36. The van der Waals surface area contributed by atoms with Gasteiger partial charge in [0.25, 0.3) is 0 Å². The summed E-state index contributed by atoms with van der Waals surface area (Å²) in [4.78, 5) is 4.43. The van der Waals surface area contributed by atoms with Crippen LogP contribution in [0.25, 0.3) is 0 Å². The Morgan fingerprint density at radius 3 is 2.35 bits per heavy atom. The van der Waals surface area contributed by atoms with Gasteiger partial charge in [-0.15, -0.1) is 24.0 Å². The van der Waals surface area contributed by atoms with E-state index < -0.39 is 10.0 Å². The molecule has 1 atom stereocenters. The van der Waals surface area contributed by atoms with Gasteiger partial charge in [-0.1, -0.05) is 44.4 Å². The highest BCUT2D eigenvalue weighted by Gasteiger charge is 2.12. The van der Waals surface area contributed by atoms with Crippen molar-refractivity contribution in [2.75, 3.05) is 13.1 Å². The summed E-state index contributed by atoms with van der Waals surface area (Å²) in [5.74, 6) is 1.06. The molecule has 0 saturated heterocycles. The van der Waals surface area contributed by atoms with Crippen molar-refractivity contribution in [2.24, 2.45) is 16.6 Å². The van der Waals surface area contributed by atoms with Crippen molar-refractivity contribution in [1.82, 2.24) is 10.0 Å². The second-order valence-electron chi connectivity index (χ2n) is 6.85. The second kappa shape index (κ2) is 12.5. The van der Waals surface area contributed by atoms with Crippen LogP contribution in [0.2, 0.25) is 0 Å². The van der Waals surface area contributed by atoms with E-state index in [1.54, 1.807) is 24.3 Å². The number of nitrogens with zero attached hydrogens (tertiary/aromatic N) is 1. The lowest BCUT2D eigenvalue weighted by atomic mass is 10.0. The molecular formula is C18H33IN4O2S. The molecule has 1 unspecified atom stereocenters. The molecule has 0 amide bonds. The number of aliphatic imine (C=N–C) groups is 1. The average Bonchev–Trinajstić information content (AvgIpc) is 2.51. The lowest BCUT2D eigenvalue weighted by Crippen LogP contribution is -2.39. The fraction of sp³-hybridized carbons (Fsp3) is 0.611. The molecule has 0 aromatic heterocycles. The molecule has 0 fully saturated rings. The zero-order valence-corrected chi connectivity index (χ0v) is 19.3. The highest BCUT2D eigenvalue weighted by atomic mass is 127. The van der Waals surface area contributed by atoms with Crippen LogP contribution >= 0.6 is 24.0 Å². The van der Waals surface area contributed by atoms with Gasteiger partial charge < -0.3 is 11.1 Å². The van der Waals surface area contributed by atoms with E-state index >= 15 is 0 Å². The molecule has 0 bridgehead atoms. The highest BCUT2D eigenvalue weighted by molar-refractivity contribution is 14.0. The summed E-state index contributed by atoms with van der Waals surface area (Å²) in [6, 6.07) is 6.99. The van der Waals surface area contributed by atoms with Gasteiger partial charge in [-0.3, -0.25) is 4.99 Å². The summed E-state index contributed by atoms with van der Waals surface area (Å²) in [6.45, 7) is 8.92. The highest BCUT2D eigenvalue weighted by Crippen LogP contribution is 2.09. The van der Waals surface area contributed by atoms with E-state index in [0.29, 0.717) is 18.4 Å². The van der Waals surface area contributed by atoms with Gasteiger partial charge in [0, 0.05) is 12.6 Å². The van der Waals surface area contributed by atoms with Crippen LogP contribution in [0.3, 0.4) is 0 Å². The predicted octanol–water partition coefficient (Wildman–Crippen LogP) is 3.01. The minimum Gasteiger partial charge on any atom is -0.370 e. The summed E-state index contributed by atoms with van der Waals surface area (Å²) in [5.41, 5.74) is 6.86. The number of nitrogens with one attached hydrogen (secondary N) is 2. The van der Waals surface area contributed by atoms with E-state index in [1.807, 2.05) is 6.92 Å². The second-order valence-corrected chi connectivity index (χ2v) is 8.61. The number of guanidine groups is 1. The quantitative estimate of drug-likeness (QED) is 0.201. The first-order valence-corrected chi connectivity index (χ1v) is 10.3. The molecule has 0 heterocycles. The average molecular weight is 496 g/mol. The van der Waals surface area contributed by atoms with Gasteiger partial charge in [-0.2, -0.15) is 0 Å². The van der Waals surface area contributed by atoms with Crippen LogP contribution < -0.4 is 15.8 Å². The molecule has 0 aliphatic rings. The van der Waals surface area contributed by atoms with Crippen molar-refractivity contribution < 1.29 is 8.42 Å². The minimum absolute atomic E-state index is 0. The zero-order chi connectivity index (χ0) is 18.9. The first kappa shape index (κ1) is 25.1. The van der Waals surface area contributed by atoms with Crippen LogP contribution in [0.4, 0.5) is 0 Å². The Kier molecular flexibility index (Phi) is 12.1. The number of rotatable bonds is 10. The Hall–Kier alpha value is -0.870. The molecule has 4 N–H and O–H groups in total. The van der Waals surface area contributed by atoms with Crippen molar-refractivity contribution in [3.63, 3.8) is 0 Å². The minimum atomic E-state index is -3.50. The van der Waals surface area contributed by atoms with Crippen molar-refractivity contribution >= 4 is 40.0 Å². The van der Waals surface area contributed by atoms with Crippen LogP contribution in [0.5, 0.6) is 0 Å². The van der Waals surface area contributed by atoms with Crippen molar-refractivity contribution in [3.05, 3.63) is 29.8 Å². The van der Waals surface area contributed by atoms with E-state index in [1.165, 1.54) is 6.42 Å². The number of hydrogen-bond acceptors (Lipinski definition) is 3.